The van der Waals surface area contributed by atoms with Gasteiger partial charge >= 0.3 is 6.61 Å². The lowest BCUT2D eigenvalue weighted by Crippen LogP contribution is -2.23. The lowest BCUT2D eigenvalue weighted by molar-refractivity contribution is -0.0534. The molecule has 0 bridgehead atoms. The molecule has 0 aromatic carbocycles. The van der Waals surface area contributed by atoms with Crippen molar-refractivity contribution in [3.05, 3.63) is 41.6 Å². The highest BCUT2D eigenvalue weighted by Gasteiger charge is 2.19. The molecular weight excluding hydrogens is 384 g/mol. The third kappa shape index (κ3) is 4.41. The average molecular weight is 405 g/mol. The zero-order valence-corrected chi connectivity index (χ0v) is 16.3. The van der Waals surface area contributed by atoms with Crippen LogP contribution in [0.25, 0.3) is 11.0 Å². The van der Waals surface area contributed by atoms with Gasteiger partial charge in [-0.1, -0.05) is 6.92 Å². The van der Waals surface area contributed by atoms with Gasteiger partial charge in [0, 0.05) is 24.4 Å². The lowest BCUT2D eigenvalue weighted by atomic mass is 10.2. The van der Waals surface area contributed by atoms with Crippen molar-refractivity contribution in [3.8, 4) is 11.6 Å². The Kier molecular flexibility index (Phi) is 6.20. The molecule has 29 heavy (non-hydrogen) atoms. The molecule has 0 atom stereocenters. The first-order chi connectivity index (χ1) is 13.9. The minimum Gasteiger partial charge on any atom is -0.495 e. The van der Waals surface area contributed by atoms with Crippen molar-refractivity contribution >= 4 is 16.9 Å². The van der Waals surface area contributed by atoms with E-state index in [0.717, 1.165) is 6.42 Å². The number of hydrogen-bond acceptors (Lipinski definition) is 6. The standard InChI is InChI=1S/C19H21F2N5O3/c1-4-5-22-17(27)13-8-26(15-6-12(28-3)7-23-16(13)15)9-14-11(2)18(25-10-24-14)29-19(20)21/h6-8,10,19H,4-5,9H2,1-3H3,(H,22,27). The van der Waals surface area contributed by atoms with Crippen LogP contribution in [0.5, 0.6) is 11.6 Å². The zero-order valence-electron chi connectivity index (χ0n) is 16.3. The normalized spacial score (nSPS) is 11.1. The highest BCUT2D eigenvalue weighted by Crippen LogP contribution is 2.26. The molecule has 0 aliphatic carbocycles. The van der Waals surface area contributed by atoms with Gasteiger partial charge in [-0.05, 0) is 13.3 Å². The number of halogens is 2. The number of rotatable bonds is 8. The summed E-state index contributed by atoms with van der Waals surface area (Å²) in [5, 5.41) is 2.84. The Morgan fingerprint density at radius 2 is 2.10 bits per heavy atom. The van der Waals surface area contributed by atoms with Crippen LogP contribution < -0.4 is 14.8 Å². The number of amides is 1. The van der Waals surface area contributed by atoms with Crippen molar-refractivity contribution in [2.75, 3.05) is 13.7 Å². The van der Waals surface area contributed by atoms with Gasteiger partial charge in [-0.25, -0.2) is 15.0 Å². The molecule has 0 unspecified atom stereocenters. The Balaban J connectivity index is 2.04. The molecule has 154 valence electrons. The van der Waals surface area contributed by atoms with Crippen LogP contribution in [-0.4, -0.2) is 45.7 Å². The van der Waals surface area contributed by atoms with Crippen LogP contribution in [0, 0.1) is 6.92 Å². The average Bonchev–Trinajstić information content (AvgIpc) is 3.06. The molecule has 0 aliphatic heterocycles. The molecule has 0 fully saturated rings. The van der Waals surface area contributed by atoms with Gasteiger partial charge in [-0.15, -0.1) is 0 Å². The van der Waals surface area contributed by atoms with E-state index in [1.165, 1.54) is 19.6 Å². The van der Waals surface area contributed by atoms with E-state index < -0.39 is 6.61 Å². The first kappa shape index (κ1) is 20.4. The van der Waals surface area contributed by atoms with Crippen molar-refractivity contribution in [1.82, 2.24) is 24.8 Å². The highest BCUT2D eigenvalue weighted by atomic mass is 19.3. The predicted molar refractivity (Wildman–Crippen MR) is 101 cm³/mol. The number of aromatic nitrogens is 4. The van der Waals surface area contributed by atoms with Gasteiger partial charge in [0.2, 0.25) is 5.88 Å². The van der Waals surface area contributed by atoms with E-state index in [1.807, 2.05) is 6.92 Å². The van der Waals surface area contributed by atoms with Crippen LogP contribution in [0.15, 0.2) is 24.8 Å². The highest BCUT2D eigenvalue weighted by molar-refractivity contribution is 6.05. The summed E-state index contributed by atoms with van der Waals surface area (Å²) in [7, 11) is 1.52. The summed E-state index contributed by atoms with van der Waals surface area (Å²) in [6.45, 7) is 1.34. The Hall–Kier alpha value is -3.30. The largest absolute Gasteiger partial charge is 0.495 e. The van der Waals surface area contributed by atoms with Gasteiger partial charge < -0.3 is 19.4 Å². The molecular formula is C19H21F2N5O3. The van der Waals surface area contributed by atoms with E-state index in [-0.39, 0.29) is 18.3 Å². The monoisotopic (exact) mass is 405 g/mol. The molecule has 3 aromatic rings. The van der Waals surface area contributed by atoms with E-state index >= 15 is 0 Å². The summed E-state index contributed by atoms with van der Waals surface area (Å²) in [6.07, 6.45) is 5.17. The molecule has 0 saturated heterocycles. The second-order valence-corrected chi connectivity index (χ2v) is 6.30. The molecule has 0 aliphatic rings. The van der Waals surface area contributed by atoms with Crippen LogP contribution in [0.1, 0.15) is 35.0 Å². The summed E-state index contributed by atoms with van der Waals surface area (Å²) < 4.78 is 36.6. The summed E-state index contributed by atoms with van der Waals surface area (Å²) in [6, 6.07) is 1.76. The van der Waals surface area contributed by atoms with Crippen LogP contribution in [-0.2, 0) is 6.54 Å². The number of carbonyl (C=O) groups excluding carboxylic acids is 1. The Morgan fingerprint density at radius 3 is 2.79 bits per heavy atom. The second-order valence-electron chi connectivity index (χ2n) is 6.30. The summed E-state index contributed by atoms with van der Waals surface area (Å²) >= 11 is 0. The maximum Gasteiger partial charge on any atom is 0.388 e. The van der Waals surface area contributed by atoms with E-state index in [0.29, 0.717) is 40.1 Å². The predicted octanol–water partition coefficient (Wildman–Crippen LogP) is 2.93. The number of hydrogen-bond donors (Lipinski definition) is 1. The Labute approximate surface area is 165 Å². The Morgan fingerprint density at radius 1 is 1.31 bits per heavy atom. The number of nitrogens with zero attached hydrogens (tertiary/aromatic N) is 4. The summed E-state index contributed by atoms with van der Waals surface area (Å²) in [5.41, 5.74) is 2.45. The lowest BCUT2D eigenvalue weighted by Gasteiger charge is -2.11. The Bertz CT molecular complexity index is 1020. The topological polar surface area (TPSA) is 91.2 Å². The van der Waals surface area contributed by atoms with E-state index in [2.05, 4.69) is 25.0 Å². The van der Waals surface area contributed by atoms with E-state index in [4.69, 9.17) is 4.74 Å². The minimum atomic E-state index is -2.98. The second kappa shape index (κ2) is 8.80. The number of carbonyl (C=O) groups is 1. The van der Waals surface area contributed by atoms with Crippen LogP contribution >= 0.6 is 0 Å². The van der Waals surface area contributed by atoms with Crippen molar-refractivity contribution in [1.29, 1.82) is 0 Å². The SMILES string of the molecule is CCCNC(=O)c1cn(Cc2ncnc(OC(F)F)c2C)c2cc(OC)cnc12. The molecule has 10 heteroatoms. The summed E-state index contributed by atoms with van der Waals surface area (Å²) in [5.74, 6) is 0.103. The van der Waals surface area contributed by atoms with Crippen molar-refractivity contribution in [3.63, 3.8) is 0 Å². The van der Waals surface area contributed by atoms with E-state index in [9.17, 15) is 13.6 Å². The quantitative estimate of drug-likeness (QED) is 0.620. The summed E-state index contributed by atoms with van der Waals surface area (Å²) in [4.78, 5) is 24.9. The molecule has 3 heterocycles. The maximum absolute atomic E-state index is 12.6. The van der Waals surface area contributed by atoms with Gasteiger partial charge in [0.25, 0.3) is 5.91 Å². The molecule has 3 aromatic heterocycles. The molecule has 0 saturated carbocycles. The molecule has 1 amide bonds. The third-order valence-corrected chi connectivity index (χ3v) is 4.37. The van der Waals surface area contributed by atoms with Crippen LogP contribution in [0.2, 0.25) is 0 Å². The molecule has 8 nitrogen and oxygen atoms in total. The molecule has 1 N–H and O–H groups in total. The van der Waals surface area contributed by atoms with Gasteiger partial charge in [0.05, 0.1) is 36.6 Å². The number of fused-ring (bicyclic) bond motifs is 1. The van der Waals surface area contributed by atoms with Gasteiger partial charge in [-0.2, -0.15) is 8.78 Å². The number of methoxy groups -OCH3 is 1. The van der Waals surface area contributed by atoms with Gasteiger partial charge in [0.15, 0.2) is 0 Å². The fraction of sp³-hybridized carbons (Fsp3) is 0.368. The molecule has 3 rings (SSSR count). The van der Waals surface area contributed by atoms with Gasteiger partial charge in [-0.3, -0.25) is 4.79 Å². The fourth-order valence-corrected chi connectivity index (χ4v) is 2.88. The fourth-order valence-electron chi connectivity index (χ4n) is 2.88. The number of ether oxygens (including phenoxy) is 2. The van der Waals surface area contributed by atoms with E-state index in [1.54, 1.807) is 23.8 Å². The number of pyridine rings is 1. The smallest absolute Gasteiger partial charge is 0.388 e. The first-order valence-corrected chi connectivity index (χ1v) is 9.01. The minimum absolute atomic E-state index is 0.182. The van der Waals surface area contributed by atoms with Crippen molar-refractivity contribution in [2.24, 2.45) is 0 Å². The molecule has 0 radical (unpaired) electrons. The zero-order chi connectivity index (χ0) is 21.0. The van der Waals surface area contributed by atoms with Crippen molar-refractivity contribution in [2.45, 2.75) is 33.4 Å². The number of alkyl halides is 2. The van der Waals surface area contributed by atoms with Crippen LogP contribution in [0.3, 0.4) is 0 Å². The number of nitrogens with one attached hydrogen (secondary N) is 1. The third-order valence-electron chi connectivity index (χ3n) is 4.37. The first-order valence-electron chi connectivity index (χ1n) is 9.01. The van der Waals surface area contributed by atoms with Crippen molar-refractivity contribution < 1.29 is 23.0 Å². The van der Waals surface area contributed by atoms with Crippen LogP contribution in [0.4, 0.5) is 8.78 Å². The van der Waals surface area contributed by atoms with Gasteiger partial charge in [0.1, 0.15) is 17.6 Å². The maximum atomic E-state index is 12.6. The molecule has 0 spiro atoms.